The van der Waals surface area contributed by atoms with E-state index in [9.17, 15) is 9.59 Å². The van der Waals surface area contributed by atoms with Gasteiger partial charge < -0.3 is 15.0 Å². The Morgan fingerprint density at radius 3 is 2.41 bits per heavy atom. The predicted molar refractivity (Wildman–Crippen MR) is 128 cm³/mol. The van der Waals surface area contributed by atoms with E-state index in [0.717, 1.165) is 31.2 Å². The van der Waals surface area contributed by atoms with Gasteiger partial charge in [0.05, 0.1) is 13.5 Å². The lowest BCUT2D eigenvalue weighted by molar-refractivity contribution is -0.140. The van der Waals surface area contributed by atoms with Crippen LogP contribution in [0, 0.1) is 0 Å². The SMILES string of the molecule is COc1cccc(CN(C(=O)Cc2c(Cl)cccc2Cl)[C@H](C)C(=O)NC2CCCCC2)c1. The van der Waals surface area contributed by atoms with Crippen LogP contribution in [-0.4, -0.2) is 35.9 Å². The van der Waals surface area contributed by atoms with E-state index in [2.05, 4.69) is 5.32 Å². The third kappa shape index (κ3) is 6.39. The monoisotopic (exact) mass is 476 g/mol. The highest BCUT2D eigenvalue weighted by atomic mass is 35.5. The zero-order valence-electron chi connectivity index (χ0n) is 18.6. The van der Waals surface area contributed by atoms with Gasteiger partial charge in [0.2, 0.25) is 11.8 Å². The largest absolute Gasteiger partial charge is 0.497 e. The van der Waals surface area contributed by atoms with Crippen molar-refractivity contribution in [3.05, 3.63) is 63.6 Å². The number of carbonyl (C=O) groups excluding carboxylic acids is 2. The summed E-state index contributed by atoms with van der Waals surface area (Å²) >= 11 is 12.6. The summed E-state index contributed by atoms with van der Waals surface area (Å²) in [6, 6.07) is 12.2. The molecule has 1 atom stereocenters. The fourth-order valence-corrected chi connectivity index (χ4v) is 4.60. The summed E-state index contributed by atoms with van der Waals surface area (Å²) in [6.45, 7) is 2.04. The lowest BCUT2D eigenvalue weighted by atomic mass is 9.95. The van der Waals surface area contributed by atoms with Crippen molar-refractivity contribution in [2.24, 2.45) is 0 Å². The highest BCUT2D eigenvalue weighted by molar-refractivity contribution is 6.36. The molecule has 0 unspecified atom stereocenters. The molecule has 5 nitrogen and oxygen atoms in total. The van der Waals surface area contributed by atoms with Gasteiger partial charge in [-0.2, -0.15) is 0 Å². The van der Waals surface area contributed by atoms with Gasteiger partial charge in [0.15, 0.2) is 0 Å². The molecular formula is C25H30Cl2N2O3. The van der Waals surface area contributed by atoms with E-state index in [0.29, 0.717) is 21.4 Å². The van der Waals surface area contributed by atoms with Crippen LogP contribution < -0.4 is 10.1 Å². The van der Waals surface area contributed by atoms with Crippen molar-refractivity contribution in [1.82, 2.24) is 10.2 Å². The first-order chi connectivity index (χ1) is 15.4. The molecule has 7 heteroatoms. The van der Waals surface area contributed by atoms with Crippen LogP contribution >= 0.6 is 23.2 Å². The fourth-order valence-electron chi connectivity index (χ4n) is 4.07. The van der Waals surface area contributed by atoms with Gasteiger partial charge in [-0.05, 0) is 55.2 Å². The smallest absolute Gasteiger partial charge is 0.242 e. The molecule has 172 valence electrons. The third-order valence-corrected chi connectivity index (χ3v) is 6.70. The molecule has 0 bridgehead atoms. The number of halogens is 2. The molecule has 0 aliphatic heterocycles. The summed E-state index contributed by atoms with van der Waals surface area (Å²) < 4.78 is 5.31. The van der Waals surface area contributed by atoms with Crippen molar-refractivity contribution in [2.45, 2.75) is 64.1 Å². The van der Waals surface area contributed by atoms with Gasteiger partial charge in [0.25, 0.3) is 0 Å². The van der Waals surface area contributed by atoms with Crippen LogP contribution in [-0.2, 0) is 22.6 Å². The number of rotatable bonds is 8. The Bertz CT molecular complexity index is 924. The van der Waals surface area contributed by atoms with Gasteiger partial charge >= 0.3 is 0 Å². The van der Waals surface area contributed by atoms with Crippen molar-refractivity contribution in [1.29, 1.82) is 0 Å². The Morgan fingerprint density at radius 1 is 1.09 bits per heavy atom. The first kappa shape index (κ1) is 24.4. The van der Waals surface area contributed by atoms with Gasteiger partial charge in [-0.3, -0.25) is 9.59 Å². The minimum absolute atomic E-state index is 0.0174. The highest BCUT2D eigenvalue weighted by Crippen LogP contribution is 2.26. The maximum Gasteiger partial charge on any atom is 0.242 e. The van der Waals surface area contributed by atoms with Crippen molar-refractivity contribution in [3.63, 3.8) is 0 Å². The number of hydrogen-bond acceptors (Lipinski definition) is 3. The van der Waals surface area contributed by atoms with Crippen molar-refractivity contribution < 1.29 is 14.3 Å². The first-order valence-corrected chi connectivity index (χ1v) is 11.8. The summed E-state index contributed by atoms with van der Waals surface area (Å²) in [4.78, 5) is 28.1. The van der Waals surface area contributed by atoms with E-state index < -0.39 is 6.04 Å². The van der Waals surface area contributed by atoms with Crippen molar-refractivity contribution >= 4 is 35.0 Å². The summed E-state index contributed by atoms with van der Waals surface area (Å²) in [5.41, 5.74) is 1.44. The van der Waals surface area contributed by atoms with Crippen LogP contribution in [0.5, 0.6) is 5.75 Å². The van der Waals surface area contributed by atoms with E-state index >= 15 is 0 Å². The molecule has 1 N–H and O–H groups in total. The molecule has 0 aromatic heterocycles. The maximum atomic E-state index is 13.4. The first-order valence-electron chi connectivity index (χ1n) is 11.0. The Labute approximate surface area is 200 Å². The van der Waals surface area contributed by atoms with Crippen LogP contribution in [0.2, 0.25) is 10.0 Å². The Balaban J connectivity index is 1.82. The summed E-state index contributed by atoms with van der Waals surface area (Å²) in [6.07, 6.45) is 5.44. The van der Waals surface area contributed by atoms with E-state index in [1.807, 2.05) is 24.3 Å². The van der Waals surface area contributed by atoms with Crippen LogP contribution in [0.1, 0.15) is 50.2 Å². The molecule has 0 saturated heterocycles. The summed E-state index contributed by atoms with van der Waals surface area (Å²) in [7, 11) is 1.60. The Kier molecular flexibility index (Phi) is 8.83. The van der Waals surface area contributed by atoms with Gasteiger partial charge in [-0.25, -0.2) is 0 Å². The van der Waals surface area contributed by atoms with Crippen molar-refractivity contribution in [3.8, 4) is 5.75 Å². The van der Waals surface area contributed by atoms with E-state index in [4.69, 9.17) is 27.9 Å². The molecule has 0 spiro atoms. The summed E-state index contributed by atoms with van der Waals surface area (Å²) in [5, 5.41) is 4.01. The minimum Gasteiger partial charge on any atom is -0.497 e. The van der Waals surface area contributed by atoms with Crippen molar-refractivity contribution in [2.75, 3.05) is 7.11 Å². The van der Waals surface area contributed by atoms with Gasteiger partial charge in [0.1, 0.15) is 11.8 Å². The lowest BCUT2D eigenvalue weighted by Gasteiger charge is -2.31. The summed E-state index contributed by atoms with van der Waals surface area (Å²) in [5.74, 6) is 0.343. The zero-order chi connectivity index (χ0) is 23.1. The zero-order valence-corrected chi connectivity index (χ0v) is 20.1. The maximum absolute atomic E-state index is 13.4. The number of amides is 2. The number of ether oxygens (including phenoxy) is 1. The third-order valence-electron chi connectivity index (χ3n) is 6.00. The Hall–Kier alpha value is -2.24. The second-order valence-electron chi connectivity index (χ2n) is 8.27. The molecule has 1 aliphatic carbocycles. The number of benzene rings is 2. The molecule has 0 radical (unpaired) electrons. The molecule has 1 saturated carbocycles. The topological polar surface area (TPSA) is 58.6 Å². The Morgan fingerprint density at radius 2 is 1.75 bits per heavy atom. The molecule has 2 amide bonds. The average Bonchev–Trinajstić information content (AvgIpc) is 2.80. The molecular weight excluding hydrogens is 447 g/mol. The van der Waals surface area contributed by atoms with E-state index in [-0.39, 0.29) is 30.8 Å². The number of hydrogen-bond donors (Lipinski definition) is 1. The second kappa shape index (κ2) is 11.6. The van der Waals surface area contributed by atoms with Crippen LogP contribution in [0.4, 0.5) is 0 Å². The molecule has 0 heterocycles. The van der Waals surface area contributed by atoms with Gasteiger partial charge in [-0.1, -0.05) is 60.7 Å². The fraction of sp³-hybridized carbons (Fsp3) is 0.440. The van der Waals surface area contributed by atoms with Gasteiger partial charge in [-0.15, -0.1) is 0 Å². The normalized spacial score (nSPS) is 15.1. The van der Waals surface area contributed by atoms with Crippen LogP contribution in [0.15, 0.2) is 42.5 Å². The standard InChI is InChI=1S/C25H30Cl2N2O3/c1-17(25(31)28-19-9-4-3-5-10-19)29(16-18-8-6-11-20(14-18)32-2)24(30)15-21-22(26)12-7-13-23(21)27/h6-8,11-14,17,19H,3-5,9-10,15-16H2,1-2H3,(H,28,31)/t17-/m1/s1. The van der Waals surface area contributed by atoms with E-state index in [1.165, 1.54) is 6.42 Å². The van der Waals surface area contributed by atoms with Gasteiger partial charge in [0, 0.05) is 22.6 Å². The van der Waals surface area contributed by atoms with E-state index in [1.54, 1.807) is 37.1 Å². The molecule has 2 aromatic rings. The minimum atomic E-state index is -0.642. The highest BCUT2D eigenvalue weighted by Gasteiger charge is 2.29. The quantitative estimate of drug-likeness (QED) is 0.553. The predicted octanol–water partition coefficient (Wildman–Crippen LogP) is 5.41. The molecule has 3 rings (SSSR count). The molecule has 32 heavy (non-hydrogen) atoms. The number of methoxy groups -OCH3 is 1. The average molecular weight is 477 g/mol. The van der Waals surface area contributed by atoms with Crippen LogP contribution in [0.3, 0.4) is 0 Å². The number of nitrogens with zero attached hydrogens (tertiary/aromatic N) is 1. The second-order valence-corrected chi connectivity index (χ2v) is 9.08. The number of nitrogens with one attached hydrogen (secondary N) is 1. The number of carbonyl (C=O) groups is 2. The molecule has 2 aromatic carbocycles. The molecule has 1 fully saturated rings. The molecule has 1 aliphatic rings. The van der Waals surface area contributed by atoms with Crippen LogP contribution in [0.25, 0.3) is 0 Å². The lowest BCUT2D eigenvalue weighted by Crippen LogP contribution is -2.50.